The number of rotatable bonds is 13. The van der Waals surface area contributed by atoms with Crippen molar-refractivity contribution in [2.24, 2.45) is 0 Å². The molecule has 0 saturated heterocycles. The van der Waals surface area contributed by atoms with Crippen molar-refractivity contribution < 1.29 is 29.4 Å². The second kappa shape index (κ2) is 14.8. The number of carboxylic acids is 2. The molecule has 2 amide bonds. The van der Waals surface area contributed by atoms with Crippen LogP contribution in [-0.2, 0) is 9.59 Å². The number of unbranched alkanes of at least 4 members (excludes halogenated alkanes) is 1. The molecule has 8 nitrogen and oxygen atoms in total. The number of carbonyl (C=O) groups excluding carboxylic acids is 2. The molecule has 0 saturated carbocycles. The summed E-state index contributed by atoms with van der Waals surface area (Å²) in [5.41, 5.74) is 2.25. The molecule has 0 atom stereocenters. The van der Waals surface area contributed by atoms with Gasteiger partial charge < -0.3 is 20.8 Å². The Kier molecular flexibility index (Phi) is 11.5. The lowest BCUT2D eigenvalue weighted by Crippen LogP contribution is -2.15. The highest BCUT2D eigenvalue weighted by Gasteiger charge is 2.22. The Labute approximate surface area is 254 Å². The van der Waals surface area contributed by atoms with Crippen LogP contribution in [0.3, 0.4) is 0 Å². The minimum Gasteiger partial charge on any atom is -0.478 e. The van der Waals surface area contributed by atoms with Crippen LogP contribution in [0, 0.1) is 0 Å². The van der Waals surface area contributed by atoms with E-state index in [1.54, 1.807) is 54.1 Å². The van der Waals surface area contributed by atoms with Gasteiger partial charge in [-0.15, -0.1) is 22.7 Å². The molecule has 4 N–H and O–H groups in total. The van der Waals surface area contributed by atoms with Gasteiger partial charge in [-0.1, -0.05) is 54.1 Å². The number of halogens is 2. The number of carbonyl (C=O) groups is 4. The number of hydrogen-bond acceptors (Lipinski definition) is 6. The zero-order valence-electron chi connectivity index (χ0n) is 21.8. The Balaban J connectivity index is 1.55. The normalized spacial score (nSPS) is 11.7. The Morgan fingerprint density at radius 2 is 1.41 bits per heavy atom. The maximum atomic E-state index is 12.5. The van der Waals surface area contributed by atoms with E-state index in [1.165, 1.54) is 6.08 Å². The Morgan fingerprint density at radius 1 is 0.878 bits per heavy atom. The summed E-state index contributed by atoms with van der Waals surface area (Å²) in [6.45, 7) is 5.30. The third-order valence-electron chi connectivity index (χ3n) is 5.84. The summed E-state index contributed by atoms with van der Waals surface area (Å²) in [4.78, 5) is 48.9. The van der Waals surface area contributed by atoms with E-state index in [4.69, 9.17) is 23.2 Å². The zero-order valence-corrected chi connectivity index (χ0v) is 25.0. The van der Waals surface area contributed by atoms with Crippen molar-refractivity contribution in [3.05, 3.63) is 86.6 Å². The fraction of sp³-hybridized carbons (Fsp3) is 0.172. The molecule has 2 heterocycles. The lowest BCUT2D eigenvalue weighted by atomic mass is 10.0. The monoisotopic (exact) mass is 632 g/mol. The van der Waals surface area contributed by atoms with E-state index in [0.29, 0.717) is 45.2 Å². The fourth-order valence-corrected chi connectivity index (χ4v) is 5.96. The molecule has 0 radical (unpaired) electrons. The van der Waals surface area contributed by atoms with Gasteiger partial charge >= 0.3 is 11.9 Å². The van der Waals surface area contributed by atoms with Gasteiger partial charge in [-0.25, -0.2) is 9.59 Å². The first kappa shape index (κ1) is 31.8. The van der Waals surface area contributed by atoms with Crippen LogP contribution in [0.4, 0.5) is 10.0 Å². The average molecular weight is 634 g/mol. The SMILES string of the molecule is C=C/C(Cl)=C\C=C(/C)c1csc(NC(=O)CCCCC(=O)Nc2scc(-c3ccc(Cl)cc3)c2C(=O)O)c1C(=O)O. The molecule has 12 heteroatoms. The number of anilines is 2. The topological polar surface area (TPSA) is 133 Å². The molecule has 3 aromatic rings. The number of hydrogen-bond donors (Lipinski definition) is 4. The van der Waals surface area contributed by atoms with Gasteiger partial charge in [0, 0.05) is 44.8 Å². The van der Waals surface area contributed by atoms with Gasteiger partial charge in [0.05, 0.1) is 0 Å². The van der Waals surface area contributed by atoms with Crippen LogP contribution in [0.5, 0.6) is 0 Å². The molecular weight excluding hydrogens is 607 g/mol. The third kappa shape index (κ3) is 8.64. The molecule has 2 aromatic heterocycles. The smallest absolute Gasteiger partial charge is 0.339 e. The van der Waals surface area contributed by atoms with Gasteiger partial charge in [0.25, 0.3) is 0 Å². The molecule has 0 unspecified atom stereocenters. The van der Waals surface area contributed by atoms with Gasteiger partial charge in [-0.2, -0.15) is 0 Å². The van der Waals surface area contributed by atoms with Crippen molar-refractivity contribution in [3.8, 4) is 11.1 Å². The van der Waals surface area contributed by atoms with Crippen LogP contribution in [-0.4, -0.2) is 34.0 Å². The molecule has 1 aromatic carbocycles. The van der Waals surface area contributed by atoms with Crippen LogP contribution >= 0.6 is 45.9 Å². The molecular formula is C29H26Cl2N2O6S2. The van der Waals surface area contributed by atoms with Gasteiger partial charge in [-0.05, 0) is 49.1 Å². The molecule has 214 valence electrons. The Bertz CT molecular complexity index is 1540. The van der Waals surface area contributed by atoms with Crippen LogP contribution in [0.25, 0.3) is 16.7 Å². The minimum absolute atomic E-state index is 0.000455. The molecule has 41 heavy (non-hydrogen) atoms. The zero-order chi connectivity index (χ0) is 30.1. The second-order valence-electron chi connectivity index (χ2n) is 8.73. The molecule has 0 spiro atoms. The van der Waals surface area contributed by atoms with E-state index in [9.17, 15) is 29.4 Å². The van der Waals surface area contributed by atoms with E-state index >= 15 is 0 Å². The third-order valence-corrected chi connectivity index (χ3v) is 8.16. The Hall–Kier alpha value is -3.70. The van der Waals surface area contributed by atoms with E-state index < -0.39 is 11.9 Å². The molecule has 3 rings (SSSR count). The van der Waals surface area contributed by atoms with Crippen LogP contribution in [0.15, 0.2) is 64.9 Å². The molecule has 0 aliphatic carbocycles. The number of carboxylic acid groups (broad SMARTS) is 2. The second-order valence-corrected chi connectivity index (χ2v) is 11.4. The maximum Gasteiger partial charge on any atom is 0.339 e. The first-order valence-corrected chi connectivity index (χ1v) is 14.7. The summed E-state index contributed by atoms with van der Waals surface area (Å²) < 4.78 is 0. The summed E-state index contributed by atoms with van der Waals surface area (Å²) in [5, 5.41) is 29.5. The highest BCUT2D eigenvalue weighted by atomic mass is 35.5. The van der Waals surface area contributed by atoms with Crippen molar-refractivity contribution in [2.45, 2.75) is 32.6 Å². The van der Waals surface area contributed by atoms with E-state index in [2.05, 4.69) is 17.2 Å². The molecule has 0 aliphatic rings. The predicted molar refractivity (Wildman–Crippen MR) is 167 cm³/mol. The van der Waals surface area contributed by atoms with Gasteiger partial charge in [-0.3, -0.25) is 9.59 Å². The molecule has 0 aliphatic heterocycles. The van der Waals surface area contributed by atoms with Gasteiger partial charge in [0.1, 0.15) is 21.1 Å². The summed E-state index contributed by atoms with van der Waals surface area (Å²) in [7, 11) is 0. The number of thiophene rings is 2. The molecule has 0 fully saturated rings. The van der Waals surface area contributed by atoms with Crippen molar-refractivity contribution in [3.63, 3.8) is 0 Å². The van der Waals surface area contributed by atoms with Crippen molar-refractivity contribution >= 4 is 85.2 Å². The first-order valence-electron chi connectivity index (χ1n) is 12.2. The van der Waals surface area contributed by atoms with Gasteiger partial charge in [0.2, 0.25) is 11.8 Å². The predicted octanol–water partition coefficient (Wildman–Crippen LogP) is 8.38. The first-order chi connectivity index (χ1) is 19.5. The summed E-state index contributed by atoms with van der Waals surface area (Å²) >= 11 is 14.1. The molecule has 0 bridgehead atoms. The maximum absolute atomic E-state index is 12.5. The van der Waals surface area contributed by atoms with Crippen molar-refractivity contribution in [1.82, 2.24) is 0 Å². The van der Waals surface area contributed by atoms with E-state index in [1.807, 2.05) is 0 Å². The van der Waals surface area contributed by atoms with Crippen LogP contribution in [0.2, 0.25) is 5.02 Å². The quantitative estimate of drug-likeness (QED) is 0.110. The lowest BCUT2D eigenvalue weighted by molar-refractivity contribution is -0.118. The van der Waals surface area contributed by atoms with E-state index in [-0.39, 0.29) is 45.8 Å². The number of aromatic carboxylic acids is 2. The lowest BCUT2D eigenvalue weighted by Gasteiger charge is -2.07. The highest BCUT2D eigenvalue weighted by Crippen LogP contribution is 2.36. The van der Waals surface area contributed by atoms with E-state index in [0.717, 1.165) is 22.7 Å². The van der Waals surface area contributed by atoms with Crippen LogP contribution < -0.4 is 10.6 Å². The number of nitrogens with one attached hydrogen (secondary N) is 2. The number of benzene rings is 1. The van der Waals surface area contributed by atoms with Crippen LogP contribution in [0.1, 0.15) is 58.9 Å². The van der Waals surface area contributed by atoms with Crippen molar-refractivity contribution in [2.75, 3.05) is 10.6 Å². The Morgan fingerprint density at radius 3 is 1.95 bits per heavy atom. The highest BCUT2D eigenvalue weighted by molar-refractivity contribution is 7.15. The summed E-state index contributed by atoms with van der Waals surface area (Å²) in [6, 6.07) is 6.73. The number of amides is 2. The van der Waals surface area contributed by atoms with Crippen molar-refractivity contribution in [1.29, 1.82) is 0 Å². The summed E-state index contributed by atoms with van der Waals surface area (Å²) in [6.07, 6.45) is 5.62. The summed E-state index contributed by atoms with van der Waals surface area (Å²) in [5.74, 6) is -3.09. The van der Waals surface area contributed by atoms with Gasteiger partial charge in [0.15, 0.2) is 0 Å². The average Bonchev–Trinajstić information content (AvgIpc) is 3.54. The number of allylic oxidation sites excluding steroid dienone is 5. The largest absolute Gasteiger partial charge is 0.478 e. The fourth-order valence-electron chi connectivity index (χ4n) is 3.77. The standard InChI is InChI=1S/C29H26Cl2N2O6S2/c1-3-18(30)11-8-16(2)20-14-40-26(24(20)28(36)37)32-22(34)6-4-5-7-23(35)33-27-25(29(38)39)21(15-41-27)17-9-12-19(31)13-10-17/h3,8-15H,1,4-7H2,2H3,(H,32,34)(H,33,35)(H,36,37)(H,38,39)/b16-8+,18-11+. The minimum atomic E-state index is -1.17.